The van der Waals surface area contributed by atoms with Gasteiger partial charge >= 0.3 is 0 Å². The standard InChI is InChI=1S/C17H27N3O/c1-3-13-12-20(14(4-2)11-18-13)17(21)16-9-6-10-19(16)15-7-5-8-15/h6,9-10,13-15,18H,3-5,7-8,11-12H2,1-2H3. The molecule has 1 aliphatic heterocycles. The quantitative estimate of drug-likeness (QED) is 0.925. The fraction of sp³-hybridized carbons (Fsp3) is 0.706. The van der Waals surface area contributed by atoms with Crippen LogP contribution in [0.5, 0.6) is 0 Å². The maximum Gasteiger partial charge on any atom is 0.270 e. The Morgan fingerprint density at radius 2 is 2.14 bits per heavy atom. The molecule has 0 bridgehead atoms. The molecule has 2 heterocycles. The summed E-state index contributed by atoms with van der Waals surface area (Å²) in [6.07, 6.45) is 7.89. The molecule has 4 heteroatoms. The van der Waals surface area contributed by atoms with Gasteiger partial charge in [0.15, 0.2) is 0 Å². The van der Waals surface area contributed by atoms with Crippen LogP contribution in [0.25, 0.3) is 0 Å². The van der Waals surface area contributed by atoms with Gasteiger partial charge in [0.2, 0.25) is 0 Å². The molecule has 1 saturated carbocycles. The van der Waals surface area contributed by atoms with Gasteiger partial charge in [0.05, 0.1) is 0 Å². The van der Waals surface area contributed by atoms with Gasteiger partial charge in [-0.25, -0.2) is 0 Å². The smallest absolute Gasteiger partial charge is 0.270 e. The summed E-state index contributed by atoms with van der Waals surface area (Å²) in [4.78, 5) is 15.1. The Morgan fingerprint density at radius 1 is 1.33 bits per heavy atom. The van der Waals surface area contributed by atoms with Crippen LogP contribution in [-0.4, -0.2) is 40.5 Å². The highest BCUT2D eigenvalue weighted by atomic mass is 16.2. The SMILES string of the molecule is CCC1CN(C(=O)c2cccn2C2CCC2)C(CC)CN1. The van der Waals surface area contributed by atoms with E-state index in [0.29, 0.717) is 18.1 Å². The van der Waals surface area contributed by atoms with E-state index in [2.05, 4.69) is 34.8 Å². The molecule has 1 saturated heterocycles. The number of nitrogens with zero attached hydrogens (tertiary/aromatic N) is 2. The van der Waals surface area contributed by atoms with Gasteiger partial charge in [-0.05, 0) is 44.2 Å². The summed E-state index contributed by atoms with van der Waals surface area (Å²) >= 11 is 0. The van der Waals surface area contributed by atoms with Crippen molar-refractivity contribution in [2.24, 2.45) is 0 Å². The maximum absolute atomic E-state index is 13.0. The van der Waals surface area contributed by atoms with Gasteiger partial charge in [-0.1, -0.05) is 13.8 Å². The number of piperazine rings is 1. The van der Waals surface area contributed by atoms with Crippen LogP contribution in [0, 0.1) is 0 Å². The molecule has 1 aliphatic carbocycles. The zero-order chi connectivity index (χ0) is 14.8. The lowest BCUT2D eigenvalue weighted by Crippen LogP contribution is -2.58. The van der Waals surface area contributed by atoms with Crippen molar-refractivity contribution in [1.29, 1.82) is 0 Å². The van der Waals surface area contributed by atoms with E-state index in [1.165, 1.54) is 19.3 Å². The number of hydrogen-bond acceptors (Lipinski definition) is 2. The van der Waals surface area contributed by atoms with Crippen LogP contribution in [0.4, 0.5) is 0 Å². The predicted octanol–water partition coefficient (Wildman–Crippen LogP) is 2.82. The molecule has 116 valence electrons. The fourth-order valence-electron chi connectivity index (χ4n) is 3.46. The zero-order valence-corrected chi connectivity index (χ0v) is 13.2. The molecule has 1 amide bonds. The van der Waals surface area contributed by atoms with Crippen molar-refractivity contribution in [3.63, 3.8) is 0 Å². The molecule has 2 aliphatic rings. The highest BCUT2D eigenvalue weighted by molar-refractivity contribution is 5.93. The van der Waals surface area contributed by atoms with E-state index in [1.54, 1.807) is 0 Å². The average molecular weight is 289 g/mol. The zero-order valence-electron chi connectivity index (χ0n) is 13.2. The topological polar surface area (TPSA) is 37.3 Å². The molecule has 21 heavy (non-hydrogen) atoms. The maximum atomic E-state index is 13.0. The monoisotopic (exact) mass is 289 g/mol. The molecule has 3 rings (SSSR count). The largest absolute Gasteiger partial charge is 0.340 e. The summed E-state index contributed by atoms with van der Waals surface area (Å²) in [5, 5.41) is 3.56. The molecular weight excluding hydrogens is 262 g/mol. The number of aromatic nitrogens is 1. The first-order valence-corrected chi connectivity index (χ1v) is 8.45. The molecule has 0 aromatic carbocycles. The first-order chi connectivity index (χ1) is 10.2. The van der Waals surface area contributed by atoms with E-state index in [9.17, 15) is 4.79 Å². The minimum Gasteiger partial charge on any atom is -0.340 e. The van der Waals surface area contributed by atoms with Gasteiger partial charge in [0.25, 0.3) is 5.91 Å². The molecule has 0 spiro atoms. The minimum absolute atomic E-state index is 0.221. The second-order valence-corrected chi connectivity index (χ2v) is 6.42. The molecule has 1 aromatic rings. The van der Waals surface area contributed by atoms with E-state index < -0.39 is 0 Å². The average Bonchev–Trinajstić information content (AvgIpc) is 2.93. The van der Waals surface area contributed by atoms with Crippen molar-refractivity contribution < 1.29 is 4.79 Å². The highest BCUT2D eigenvalue weighted by Gasteiger charge is 2.32. The summed E-state index contributed by atoms with van der Waals surface area (Å²) in [7, 11) is 0. The molecule has 0 radical (unpaired) electrons. The fourth-order valence-corrected chi connectivity index (χ4v) is 3.46. The van der Waals surface area contributed by atoms with Gasteiger partial charge in [0.1, 0.15) is 5.69 Å². The molecule has 4 nitrogen and oxygen atoms in total. The van der Waals surface area contributed by atoms with Crippen molar-refractivity contribution in [3.8, 4) is 0 Å². The number of nitrogens with one attached hydrogen (secondary N) is 1. The van der Waals surface area contributed by atoms with Crippen LogP contribution >= 0.6 is 0 Å². The van der Waals surface area contributed by atoms with Gasteiger partial charge in [-0.3, -0.25) is 4.79 Å². The van der Waals surface area contributed by atoms with E-state index in [0.717, 1.165) is 31.6 Å². The van der Waals surface area contributed by atoms with Crippen LogP contribution in [-0.2, 0) is 0 Å². The van der Waals surface area contributed by atoms with E-state index in [4.69, 9.17) is 0 Å². The van der Waals surface area contributed by atoms with Crippen molar-refractivity contribution in [3.05, 3.63) is 24.0 Å². The van der Waals surface area contributed by atoms with Crippen LogP contribution in [0.15, 0.2) is 18.3 Å². The lowest BCUT2D eigenvalue weighted by atomic mass is 9.92. The van der Waals surface area contributed by atoms with Crippen molar-refractivity contribution >= 4 is 5.91 Å². The Bertz CT molecular complexity index is 492. The summed E-state index contributed by atoms with van der Waals surface area (Å²) < 4.78 is 2.21. The molecular formula is C17H27N3O. The summed E-state index contributed by atoms with van der Waals surface area (Å²) in [6.45, 7) is 6.11. The third-order valence-electron chi connectivity index (χ3n) is 5.19. The van der Waals surface area contributed by atoms with E-state index in [-0.39, 0.29) is 5.91 Å². The van der Waals surface area contributed by atoms with Crippen LogP contribution in [0.3, 0.4) is 0 Å². The van der Waals surface area contributed by atoms with Crippen LogP contribution in [0.2, 0.25) is 0 Å². The number of amides is 1. The molecule has 1 N–H and O–H groups in total. The lowest BCUT2D eigenvalue weighted by molar-refractivity contribution is 0.0559. The first kappa shape index (κ1) is 14.6. The molecule has 2 atom stereocenters. The summed E-state index contributed by atoms with van der Waals surface area (Å²) in [5.41, 5.74) is 0.884. The van der Waals surface area contributed by atoms with Gasteiger partial charge in [-0.2, -0.15) is 0 Å². The Balaban J connectivity index is 1.80. The third-order valence-corrected chi connectivity index (χ3v) is 5.19. The Hall–Kier alpha value is -1.29. The Morgan fingerprint density at radius 3 is 2.76 bits per heavy atom. The van der Waals surface area contributed by atoms with Gasteiger partial charge < -0.3 is 14.8 Å². The van der Waals surface area contributed by atoms with Crippen LogP contribution < -0.4 is 5.32 Å². The summed E-state index contributed by atoms with van der Waals surface area (Å²) in [5.74, 6) is 0.221. The Labute approximate surface area is 127 Å². The number of hydrogen-bond donors (Lipinski definition) is 1. The first-order valence-electron chi connectivity index (χ1n) is 8.45. The van der Waals surface area contributed by atoms with Gasteiger partial charge in [-0.15, -0.1) is 0 Å². The van der Waals surface area contributed by atoms with Gasteiger partial charge in [0, 0.05) is 37.4 Å². The minimum atomic E-state index is 0.221. The molecule has 2 unspecified atom stereocenters. The normalized spacial score (nSPS) is 26.7. The number of carbonyl (C=O) groups excluding carboxylic acids is 1. The van der Waals surface area contributed by atoms with Crippen molar-refractivity contribution in [2.45, 2.75) is 64.1 Å². The van der Waals surface area contributed by atoms with E-state index in [1.807, 2.05) is 12.1 Å². The molecule has 1 aromatic heterocycles. The Kier molecular flexibility index (Phi) is 4.34. The molecule has 2 fully saturated rings. The van der Waals surface area contributed by atoms with E-state index >= 15 is 0 Å². The second-order valence-electron chi connectivity index (χ2n) is 6.42. The number of carbonyl (C=O) groups is 1. The third kappa shape index (κ3) is 2.73. The van der Waals surface area contributed by atoms with Crippen molar-refractivity contribution in [1.82, 2.24) is 14.8 Å². The predicted molar refractivity (Wildman–Crippen MR) is 84.5 cm³/mol. The summed E-state index contributed by atoms with van der Waals surface area (Å²) in [6, 6.07) is 5.32. The highest BCUT2D eigenvalue weighted by Crippen LogP contribution is 2.33. The van der Waals surface area contributed by atoms with Crippen molar-refractivity contribution in [2.75, 3.05) is 13.1 Å². The second kappa shape index (κ2) is 6.22. The lowest BCUT2D eigenvalue weighted by Gasteiger charge is -2.40. The van der Waals surface area contributed by atoms with Crippen LogP contribution in [0.1, 0.15) is 62.5 Å². The number of rotatable bonds is 4.